The molecule has 0 saturated heterocycles. The first-order valence-electron chi connectivity index (χ1n) is 9.25. The fraction of sp³-hybridized carbons (Fsp3) is 0.0435. The number of allylic oxidation sites excluding steroid dienone is 2. The van der Waals surface area contributed by atoms with Gasteiger partial charge in [-0.15, -0.1) is 0 Å². The number of nitrogens with one attached hydrogen (secondary N) is 1. The Labute approximate surface area is 184 Å². The topological polar surface area (TPSA) is 84.8 Å². The van der Waals surface area contributed by atoms with Crippen molar-refractivity contribution in [3.8, 4) is 5.75 Å². The van der Waals surface area contributed by atoms with Gasteiger partial charge in [-0.2, -0.15) is 12.8 Å². The van der Waals surface area contributed by atoms with E-state index in [9.17, 15) is 13.2 Å². The van der Waals surface area contributed by atoms with Crippen LogP contribution >= 0.6 is 11.6 Å². The van der Waals surface area contributed by atoms with Gasteiger partial charge in [-0.3, -0.25) is 4.79 Å². The maximum atomic E-state index is 13.0. The van der Waals surface area contributed by atoms with Gasteiger partial charge in [-0.1, -0.05) is 35.9 Å². The fourth-order valence-corrected chi connectivity index (χ4v) is 4.24. The number of hydrogen-bond acceptors (Lipinski definition) is 5. The lowest BCUT2D eigenvalue weighted by Gasteiger charge is -2.18. The minimum Gasteiger partial charge on any atom is -0.497 e. The van der Waals surface area contributed by atoms with Gasteiger partial charge in [0.1, 0.15) is 5.75 Å². The van der Waals surface area contributed by atoms with Gasteiger partial charge in [-0.05, 0) is 54.6 Å². The highest BCUT2D eigenvalue weighted by Gasteiger charge is 2.26. The second-order valence-corrected chi connectivity index (χ2v) is 8.73. The van der Waals surface area contributed by atoms with Crippen LogP contribution in [0.15, 0.2) is 93.9 Å². The molecule has 3 aromatic rings. The van der Waals surface area contributed by atoms with Crippen LogP contribution in [0.5, 0.6) is 5.75 Å². The number of rotatable bonds is 5. The number of methoxy groups -OCH3 is 1. The molecule has 31 heavy (non-hydrogen) atoms. The van der Waals surface area contributed by atoms with Gasteiger partial charge in [0, 0.05) is 21.8 Å². The number of ether oxygens (including phenoxy) is 1. The molecule has 0 heterocycles. The monoisotopic (exact) mass is 452 g/mol. The molecule has 1 aliphatic rings. The minimum absolute atomic E-state index is 0.0239. The molecular weight excluding hydrogens is 436 g/mol. The van der Waals surface area contributed by atoms with Gasteiger partial charge in [0.2, 0.25) is 5.78 Å². The van der Waals surface area contributed by atoms with Crippen LogP contribution in [0.25, 0.3) is 0 Å². The number of nitrogens with zero attached hydrogens (tertiary/aromatic N) is 1. The van der Waals surface area contributed by atoms with Crippen molar-refractivity contribution in [2.24, 2.45) is 4.40 Å². The Morgan fingerprint density at radius 3 is 2.19 bits per heavy atom. The van der Waals surface area contributed by atoms with E-state index in [1.165, 1.54) is 25.3 Å². The molecule has 3 aromatic carbocycles. The normalized spacial score (nSPS) is 14.7. The number of Topliss-reactive ketones (excluding diaryl/α,β-unsaturated/α-hetero) is 1. The van der Waals surface area contributed by atoms with Gasteiger partial charge in [0.15, 0.2) is 0 Å². The number of carbonyl (C=O) groups is 1. The van der Waals surface area contributed by atoms with Crippen molar-refractivity contribution in [2.75, 3.05) is 12.4 Å². The maximum Gasteiger partial charge on any atom is 0.282 e. The number of anilines is 1. The van der Waals surface area contributed by atoms with E-state index >= 15 is 0 Å². The predicted molar refractivity (Wildman–Crippen MR) is 121 cm³/mol. The molecule has 1 aliphatic carbocycles. The molecule has 8 heteroatoms. The standard InChI is InChI=1S/C23H17ClN2O4S/c1-30-17-10-12-18(13-11-17)31(28,29)26-21-14-22(25-16-8-6-15(24)7-9-16)23(27)20-5-3-2-4-19(20)21/h2-14,25H,1H3. The zero-order valence-electron chi connectivity index (χ0n) is 16.4. The first-order chi connectivity index (χ1) is 14.9. The SMILES string of the molecule is COc1ccc(S(=O)(=O)N=C2C=C(Nc3ccc(Cl)cc3)C(=O)c3ccccc32)cc1. The van der Waals surface area contributed by atoms with Crippen LogP contribution in [0.1, 0.15) is 15.9 Å². The summed E-state index contributed by atoms with van der Waals surface area (Å²) in [5.74, 6) is 0.279. The molecule has 0 saturated carbocycles. The highest BCUT2D eigenvalue weighted by Crippen LogP contribution is 2.26. The third-order valence-electron chi connectivity index (χ3n) is 4.67. The summed E-state index contributed by atoms with van der Waals surface area (Å²) in [5, 5.41) is 3.59. The summed E-state index contributed by atoms with van der Waals surface area (Å²) in [6.45, 7) is 0. The maximum absolute atomic E-state index is 13.0. The van der Waals surface area contributed by atoms with Crippen molar-refractivity contribution in [3.63, 3.8) is 0 Å². The van der Waals surface area contributed by atoms with Crippen LogP contribution < -0.4 is 10.1 Å². The summed E-state index contributed by atoms with van der Waals surface area (Å²) in [5.41, 5.74) is 1.84. The van der Waals surface area contributed by atoms with E-state index < -0.39 is 10.0 Å². The van der Waals surface area contributed by atoms with Crippen molar-refractivity contribution in [3.05, 3.63) is 101 Å². The molecule has 0 aliphatic heterocycles. The highest BCUT2D eigenvalue weighted by molar-refractivity contribution is 7.90. The van der Waals surface area contributed by atoms with E-state index in [4.69, 9.17) is 16.3 Å². The molecule has 0 fully saturated rings. The third kappa shape index (κ3) is 4.38. The van der Waals surface area contributed by atoms with Crippen LogP contribution in [0, 0.1) is 0 Å². The molecule has 0 bridgehead atoms. The molecule has 6 nitrogen and oxygen atoms in total. The number of halogens is 1. The van der Waals surface area contributed by atoms with Gasteiger partial charge in [-0.25, -0.2) is 0 Å². The average Bonchev–Trinajstić information content (AvgIpc) is 2.78. The lowest BCUT2D eigenvalue weighted by molar-refractivity contribution is 0.103. The van der Waals surface area contributed by atoms with E-state index in [0.29, 0.717) is 27.6 Å². The number of sulfonamides is 1. The molecule has 1 N–H and O–H groups in total. The van der Waals surface area contributed by atoms with Crippen LogP contribution in [-0.2, 0) is 10.0 Å². The van der Waals surface area contributed by atoms with Crippen LogP contribution in [-0.4, -0.2) is 27.0 Å². The summed E-state index contributed by atoms with van der Waals surface area (Å²) in [6.07, 6.45) is 1.44. The Morgan fingerprint density at radius 1 is 0.903 bits per heavy atom. The molecule has 0 aromatic heterocycles. The number of carbonyl (C=O) groups excluding carboxylic acids is 1. The van der Waals surface area contributed by atoms with Gasteiger partial charge in [0.25, 0.3) is 10.0 Å². The second kappa shape index (κ2) is 8.37. The summed E-state index contributed by atoms with van der Waals surface area (Å²) in [7, 11) is -2.52. The lowest BCUT2D eigenvalue weighted by atomic mass is 9.92. The van der Waals surface area contributed by atoms with E-state index in [0.717, 1.165) is 0 Å². The van der Waals surface area contributed by atoms with Crippen LogP contribution in [0.2, 0.25) is 5.02 Å². The van der Waals surface area contributed by atoms with Crippen molar-refractivity contribution < 1.29 is 17.9 Å². The van der Waals surface area contributed by atoms with Crippen molar-refractivity contribution >= 4 is 38.8 Å². The Bertz CT molecular complexity index is 1310. The zero-order valence-corrected chi connectivity index (χ0v) is 17.9. The molecular formula is C23H17ClN2O4S. The largest absolute Gasteiger partial charge is 0.497 e. The summed E-state index contributed by atoms with van der Waals surface area (Å²) < 4.78 is 34.9. The zero-order chi connectivity index (χ0) is 22.0. The van der Waals surface area contributed by atoms with E-state index in [2.05, 4.69) is 9.71 Å². The predicted octanol–water partition coefficient (Wildman–Crippen LogP) is 4.72. The number of fused-ring (bicyclic) bond motifs is 1. The average molecular weight is 453 g/mol. The van der Waals surface area contributed by atoms with E-state index in [1.54, 1.807) is 60.7 Å². The smallest absolute Gasteiger partial charge is 0.282 e. The van der Waals surface area contributed by atoms with E-state index in [-0.39, 0.29) is 22.1 Å². The first kappa shape index (κ1) is 20.8. The van der Waals surface area contributed by atoms with Gasteiger partial charge >= 0.3 is 0 Å². The van der Waals surface area contributed by atoms with Crippen molar-refractivity contribution in [2.45, 2.75) is 4.90 Å². The Hall–Kier alpha value is -3.42. The van der Waals surface area contributed by atoms with Crippen LogP contribution in [0.3, 0.4) is 0 Å². The Morgan fingerprint density at radius 2 is 1.55 bits per heavy atom. The second-order valence-electron chi connectivity index (χ2n) is 6.69. The summed E-state index contributed by atoms with van der Waals surface area (Å²) in [6, 6.07) is 19.5. The third-order valence-corrected chi connectivity index (χ3v) is 6.23. The Kier molecular flexibility index (Phi) is 5.63. The highest BCUT2D eigenvalue weighted by atomic mass is 35.5. The van der Waals surface area contributed by atoms with E-state index in [1.807, 2.05) is 0 Å². The molecule has 0 atom stereocenters. The number of benzene rings is 3. The molecule has 0 spiro atoms. The Balaban J connectivity index is 1.78. The number of hydrogen-bond donors (Lipinski definition) is 1. The van der Waals surface area contributed by atoms with Gasteiger partial charge < -0.3 is 10.1 Å². The van der Waals surface area contributed by atoms with Gasteiger partial charge in [0.05, 0.1) is 23.4 Å². The summed E-state index contributed by atoms with van der Waals surface area (Å²) >= 11 is 5.92. The first-order valence-corrected chi connectivity index (χ1v) is 11.1. The molecule has 156 valence electrons. The summed E-state index contributed by atoms with van der Waals surface area (Å²) in [4.78, 5) is 13.0. The quantitative estimate of drug-likeness (QED) is 0.605. The molecule has 0 amide bonds. The number of ketones is 1. The minimum atomic E-state index is -4.02. The fourth-order valence-electron chi connectivity index (χ4n) is 3.12. The van der Waals surface area contributed by atoms with Crippen molar-refractivity contribution in [1.82, 2.24) is 0 Å². The van der Waals surface area contributed by atoms with Crippen LogP contribution in [0.4, 0.5) is 5.69 Å². The van der Waals surface area contributed by atoms with Crippen molar-refractivity contribution in [1.29, 1.82) is 0 Å². The molecule has 0 unspecified atom stereocenters. The molecule has 4 rings (SSSR count). The lowest BCUT2D eigenvalue weighted by Crippen LogP contribution is -2.22. The molecule has 0 radical (unpaired) electrons.